The average Bonchev–Trinajstić information content (AvgIpc) is 3.11. The Balaban J connectivity index is 1.66. The molecule has 0 fully saturated rings. The fourth-order valence-corrected chi connectivity index (χ4v) is 4.13. The standard InChI is InChI=1S/C23H20N6S/c1-2-29-20-13-18-16(12-19(20)27-23(29)30)22(26-14-25-18)28-21(15-8-4-3-5-9-15)17-10-6-7-11-24-17/h3-14,21H,2H2,1H3,(H,27,30)(H,25,26,28). The van der Waals surface area contributed by atoms with Crippen molar-refractivity contribution in [1.82, 2.24) is 24.5 Å². The zero-order valence-electron chi connectivity index (χ0n) is 16.4. The van der Waals surface area contributed by atoms with Gasteiger partial charge in [-0.05, 0) is 49.0 Å². The largest absolute Gasteiger partial charge is 0.357 e. The lowest BCUT2D eigenvalue weighted by atomic mass is 10.0. The molecule has 5 rings (SSSR count). The number of pyridine rings is 1. The maximum atomic E-state index is 5.47. The number of imidazole rings is 1. The van der Waals surface area contributed by atoms with Crippen molar-refractivity contribution in [1.29, 1.82) is 0 Å². The molecule has 148 valence electrons. The maximum Gasteiger partial charge on any atom is 0.178 e. The monoisotopic (exact) mass is 412 g/mol. The minimum absolute atomic E-state index is 0.139. The molecule has 2 N–H and O–H groups in total. The molecule has 1 atom stereocenters. The van der Waals surface area contributed by atoms with Crippen LogP contribution < -0.4 is 5.32 Å². The van der Waals surface area contributed by atoms with E-state index >= 15 is 0 Å². The number of aromatic nitrogens is 5. The Hall–Kier alpha value is -3.58. The highest BCUT2D eigenvalue weighted by molar-refractivity contribution is 7.71. The van der Waals surface area contributed by atoms with Crippen molar-refractivity contribution in [3.63, 3.8) is 0 Å². The fraction of sp³-hybridized carbons (Fsp3) is 0.130. The smallest absolute Gasteiger partial charge is 0.178 e. The van der Waals surface area contributed by atoms with Gasteiger partial charge in [0.15, 0.2) is 4.77 Å². The van der Waals surface area contributed by atoms with Gasteiger partial charge in [0, 0.05) is 18.1 Å². The lowest BCUT2D eigenvalue weighted by Gasteiger charge is -2.20. The van der Waals surface area contributed by atoms with Crippen LogP contribution in [0, 0.1) is 4.77 Å². The first kappa shape index (κ1) is 18.4. The van der Waals surface area contributed by atoms with Crippen LogP contribution in [0.15, 0.2) is 73.2 Å². The molecule has 0 amide bonds. The number of aryl methyl sites for hydroxylation is 1. The van der Waals surface area contributed by atoms with Crippen LogP contribution >= 0.6 is 12.2 Å². The molecule has 2 aromatic carbocycles. The Morgan fingerprint density at radius 3 is 2.63 bits per heavy atom. The molecular weight excluding hydrogens is 392 g/mol. The Morgan fingerprint density at radius 1 is 1.03 bits per heavy atom. The van der Waals surface area contributed by atoms with Crippen LogP contribution in [0.2, 0.25) is 0 Å². The predicted octanol–water partition coefficient (Wildman–Crippen LogP) is 5.26. The van der Waals surface area contributed by atoms with Crippen LogP contribution in [-0.4, -0.2) is 24.5 Å². The van der Waals surface area contributed by atoms with Gasteiger partial charge in [0.2, 0.25) is 0 Å². The first-order valence-corrected chi connectivity index (χ1v) is 10.2. The second-order valence-corrected chi connectivity index (χ2v) is 7.41. The quantitative estimate of drug-likeness (QED) is 0.385. The highest BCUT2D eigenvalue weighted by atomic mass is 32.1. The molecule has 3 aromatic heterocycles. The minimum atomic E-state index is -0.139. The Bertz CT molecular complexity index is 1340. The summed E-state index contributed by atoms with van der Waals surface area (Å²) in [5, 5.41) is 4.53. The van der Waals surface area contributed by atoms with Crippen molar-refractivity contribution < 1.29 is 0 Å². The molecule has 1 unspecified atom stereocenters. The number of H-pyrrole nitrogens is 1. The summed E-state index contributed by atoms with van der Waals surface area (Å²) in [6.45, 7) is 2.88. The van der Waals surface area contributed by atoms with Crippen LogP contribution in [-0.2, 0) is 6.54 Å². The highest BCUT2D eigenvalue weighted by Gasteiger charge is 2.18. The molecule has 5 aromatic rings. The molecule has 0 spiro atoms. The lowest BCUT2D eigenvalue weighted by molar-refractivity contribution is 0.774. The number of aromatic amines is 1. The second-order valence-electron chi connectivity index (χ2n) is 7.03. The van der Waals surface area contributed by atoms with Crippen LogP contribution in [0.3, 0.4) is 0 Å². The van der Waals surface area contributed by atoms with Crippen molar-refractivity contribution in [3.8, 4) is 0 Å². The van der Waals surface area contributed by atoms with Crippen LogP contribution in [0.25, 0.3) is 21.9 Å². The number of nitrogens with zero attached hydrogens (tertiary/aromatic N) is 4. The molecule has 6 nitrogen and oxygen atoms in total. The SMILES string of the molecule is CCn1c(=S)[nH]c2cc3c(NC(c4ccccc4)c4ccccn4)ncnc3cc21. The number of benzene rings is 2. The summed E-state index contributed by atoms with van der Waals surface area (Å²) in [7, 11) is 0. The number of hydrogen-bond acceptors (Lipinski definition) is 5. The van der Waals surface area contributed by atoms with Gasteiger partial charge in [0.05, 0.1) is 28.3 Å². The molecule has 0 aliphatic carbocycles. The summed E-state index contributed by atoms with van der Waals surface area (Å²) in [6, 6.07) is 20.2. The van der Waals surface area contributed by atoms with Crippen LogP contribution in [0.5, 0.6) is 0 Å². The summed E-state index contributed by atoms with van der Waals surface area (Å²) < 4.78 is 2.78. The first-order valence-electron chi connectivity index (χ1n) is 9.84. The zero-order valence-corrected chi connectivity index (χ0v) is 17.2. The van der Waals surface area contributed by atoms with Gasteiger partial charge in [-0.2, -0.15) is 0 Å². The maximum absolute atomic E-state index is 5.47. The topological polar surface area (TPSA) is 71.4 Å². The van der Waals surface area contributed by atoms with Gasteiger partial charge >= 0.3 is 0 Å². The van der Waals surface area contributed by atoms with E-state index in [1.807, 2.05) is 42.6 Å². The van der Waals surface area contributed by atoms with Crippen molar-refractivity contribution in [2.75, 3.05) is 5.32 Å². The van der Waals surface area contributed by atoms with E-state index in [-0.39, 0.29) is 6.04 Å². The Morgan fingerprint density at radius 2 is 1.87 bits per heavy atom. The van der Waals surface area contributed by atoms with E-state index in [0.29, 0.717) is 4.77 Å². The molecule has 7 heteroatoms. The molecule has 3 heterocycles. The molecule has 0 saturated carbocycles. The third kappa shape index (κ3) is 3.23. The van der Waals surface area contributed by atoms with Gasteiger partial charge in [-0.3, -0.25) is 4.98 Å². The van der Waals surface area contributed by atoms with Crippen LogP contribution in [0.4, 0.5) is 5.82 Å². The summed E-state index contributed by atoms with van der Waals surface area (Å²) in [5.41, 5.74) is 4.92. The average molecular weight is 413 g/mol. The number of nitrogens with one attached hydrogen (secondary N) is 2. The van der Waals surface area contributed by atoms with Gasteiger partial charge in [-0.1, -0.05) is 36.4 Å². The van der Waals surface area contributed by atoms with Crippen molar-refractivity contribution in [2.45, 2.75) is 19.5 Å². The number of fused-ring (bicyclic) bond motifs is 2. The first-order chi connectivity index (χ1) is 14.7. The van der Waals surface area contributed by atoms with E-state index in [0.717, 1.165) is 45.6 Å². The molecule has 0 saturated heterocycles. The van der Waals surface area contributed by atoms with E-state index in [1.54, 1.807) is 6.33 Å². The third-order valence-electron chi connectivity index (χ3n) is 5.24. The molecule has 30 heavy (non-hydrogen) atoms. The summed E-state index contributed by atoms with van der Waals surface area (Å²) in [6.07, 6.45) is 3.40. The molecular formula is C23H20N6S. The van der Waals surface area contributed by atoms with Crippen molar-refractivity contribution in [2.24, 2.45) is 0 Å². The zero-order chi connectivity index (χ0) is 20.5. The van der Waals surface area contributed by atoms with Gasteiger partial charge in [-0.15, -0.1) is 0 Å². The van der Waals surface area contributed by atoms with Gasteiger partial charge < -0.3 is 14.9 Å². The molecule has 0 aliphatic rings. The lowest BCUT2D eigenvalue weighted by Crippen LogP contribution is -2.15. The highest BCUT2D eigenvalue weighted by Crippen LogP contribution is 2.30. The van der Waals surface area contributed by atoms with E-state index in [2.05, 4.69) is 61.0 Å². The fourth-order valence-electron chi connectivity index (χ4n) is 3.79. The summed E-state index contributed by atoms with van der Waals surface area (Å²) in [5.74, 6) is 0.755. The van der Waals surface area contributed by atoms with Crippen molar-refractivity contribution >= 4 is 40.0 Å². The van der Waals surface area contributed by atoms with E-state index in [4.69, 9.17) is 12.2 Å². The normalized spacial score (nSPS) is 12.3. The summed E-state index contributed by atoms with van der Waals surface area (Å²) in [4.78, 5) is 16.9. The third-order valence-corrected chi connectivity index (χ3v) is 5.57. The summed E-state index contributed by atoms with van der Waals surface area (Å²) >= 11 is 5.47. The van der Waals surface area contributed by atoms with E-state index < -0.39 is 0 Å². The second kappa shape index (κ2) is 7.68. The predicted molar refractivity (Wildman–Crippen MR) is 122 cm³/mol. The molecule has 0 bridgehead atoms. The van der Waals surface area contributed by atoms with Gasteiger partial charge in [0.1, 0.15) is 12.1 Å². The number of anilines is 1. The van der Waals surface area contributed by atoms with E-state index in [9.17, 15) is 0 Å². The van der Waals surface area contributed by atoms with Gasteiger partial charge in [-0.25, -0.2) is 9.97 Å². The number of rotatable bonds is 5. The molecule has 0 aliphatic heterocycles. The van der Waals surface area contributed by atoms with Crippen molar-refractivity contribution in [3.05, 3.63) is 89.2 Å². The van der Waals surface area contributed by atoms with Crippen LogP contribution in [0.1, 0.15) is 24.2 Å². The molecule has 0 radical (unpaired) electrons. The number of hydrogen-bond donors (Lipinski definition) is 2. The minimum Gasteiger partial charge on any atom is -0.357 e. The Labute approximate surface area is 178 Å². The van der Waals surface area contributed by atoms with Gasteiger partial charge in [0.25, 0.3) is 0 Å². The Kier molecular flexibility index (Phi) is 4.72. The van der Waals surface area contributed by atoms with E-state index in [1.165, 1.54) is 0 Å².